The van der Waals surface area contributed by atoms with E-state index in [1.807, 2.05) is 93.8 Å². The molecule has 39 heavy (non-hydrogen) atoms. The third kappa shape index (κ3) is 7.71. The second-order valence-corrected chi connectivity index (χ2v) is 11.3. The number of hydrogen-bond donors (Lipinski definition) is 0. The number of amides is 1. The Hall–Kier alpha value is -3.62. The van der Waals surface area contributed by atoms with Crippen LogP contribution in [0.1, 0.15) is 42.2 Å². The van der Waals surface area contributed by atoms with Crippen molar-refractivity contribution < 1.29 is 9.00 Å². The summed E-state index contributed by atoms with van der Waals surface area (Å²) in [5.41, 5.74) is 1.55. The van der Waals surface area contributed by atoms with Crippen LogP contribution in [0.3, 0.4) is 0 Å². The quantitative estimate of drug-likeness (QED) is 0.322. The van der Waals surface area contributed by atoms with Gasteiger partial charge in [-0.2, -0.15) is 0 Å². The molecule has 4 rings (SSSR count). The first-order valence-corrected chi connectivity index (χ1v) is 14.5. The molecule has 1 aliphatic heterocycles. The van der Waals surface area contributed by atoms with E-state index in [1.165, 1.54) is 0 Å². The Morgan fingerprint density at radius 1 is 1.18 bits per heavy atom. The number of hydrogen-bond acceptors (Lipinski definition) is 4. The van der Waals surface area contributed by atoms with Gasteiger partial charge in [-0.1, -0.05) is 91.6 Å². The molecule has 2 aromatic rings. The van der Waals surface area contributed by atoms with Crippen LogP contribution in [-0.4, -0.2) is 60.0 Å². The molecular formula is C31H37N5O2S. The van der Waals surface area contributed by atoms with E-state index < -0.39 is 11.0 Å². The average Bonchev–Trinajstić information content (AvgIpc) is 3.39. The number of aromatic nitrogens is 3. The van der Waals surface area contributed by atoms with Gasteiger partial charge in [0.15, 0.2) is 0 Å². The topological polar surface area (TPSA) is 71.3 Å². The smallest absolute Gasteiger partial charge is 0.253 e. The largest absolute Gasteiger partial charge is 0.336 e. The molecule has 1 aromatic heterocycles. The van der Waals surface area contributed by atoms with Gasteiger partial charge in [-0.25, -0.2) is 8.51 Å². The van der Waals surface area contributed by atoms with Gasteiger partial charge in [0.2, 0.25) is 0 Å². The summed E-state index contributed by atoms with van der Waals surface area (Å²) in [6, 6.07) is 9.31. The van der Waals surface area contributed by atoms with Crippen LogP contribution in [0.15, 0.2) is 109 Å². The van der Waals surface area contributed by atoms with Gasteiger partial charge in [-0.15, -0.1) is 5.10 Å². The number of piperazine rings is 1. The molecular weight excluding hydrogens is 506 g/mol. The van der Waals surface area contributed by atoms with E-state index in [0.29, 0.717) is 37.5 Å². The van der Waals surface area contributed by atoms with Gasteiger partial charge in [0, 0.05) is 49.9 Å². The van der Waals surface area contributed by atoms with Crippen molar-refractivity contribution in [1.82, 2.24) is 24.2 Å². The van der Waals surface area contributed by atoms with Crippen molar-refractivity contribution >= 4 is 16.9 Å². The molecule has 1 saturated heterocycles. The summed E-state index contributed by atoms with van der Waals surface area (Å²) in [6.07, 6.45) is 22.6. The van der Waals surface area contributed by atoms with Crippen molar-refractivity contribution in [1.29, 1.82) is 0 Å². The molecule has 1 amide bonds. The lowest BCUT2D eigenvalue weighted by Gasteiger charge is -2.39. The fraction of sp³-hybridized carbons (Fsp3) is 0.323. The van der Waals surface area contributed by atoms with E-state index >= 15 is 0 Å². The molecule has 4 unspecified atom stereocenters. The molecule has 1 aromatic carbocycles. The molecule has 8 heteroatoms. The second-order valence-electron chi connectivity index (χ2n) is 9.86. The highest BCUT2D eigenvalue weighted by atomic mass is 32.2. The standard InChI is InChI=1S/C31H37N5O2S/c1-4-5-6-8-13-25(2)22-35-24-30(32-33-35)27-14-11-12-17-29(19-18-27)39(38)36-21-20-34(23-26(36)3)31(37)28-15-9-7-10-16-28/h4-11,13-19,24-27H,1,12,20-23H2,2-3H3/b6-5-,13-8-,14-11?,19-18-,29-17+. The van der Waals surface area contributed by atoms with E-state index in [-0.39, 0.29) is 17.9 Å². The van der Waals surface area contributed by atoms with E-state index in [1.54, 1.807) is 6.08 Å². The lowest BCUT2D eigenvalue weighted by molar-refractivity contribution is 0.0648. The van der Waals surface area contributed by atoms with Crippen molar-refractivity contribution in [3.8, 4) is 0 Å². The molecule has 204 valence electrons. The Kier molecular flexibility index (Phi) is 10.2. The average molecular weight is 544 g/mol. The Morgan fingerprint density at radius 3 is 2.77 bits per heavy atom. The van der Waals surface area contributed by atoms with Gasteiger partial charge < -0.3 is 4.90 Å². The van der Waals surface area contributed by atoms with E-state index in [0.717, 1.165) is 17.1 Å². The molecule has 0 spiro atoms. The lowest BCUT2D eigenvalue weighted by Crippen LogP contribution is -2.54. The summed E-state index contributed by atoms with van der Waals surface area (Å²) in [7, 11) is -1.32. The van der Waals surface area contributed by atoms with Crippen LogP contribution in [0, 0.1) is 5.92 Å². The SMILES string of the molecule is C=C/C=C\C=C/C(C)Cn1cc(C2C=CC/C=C(S(=O)N3CCN(C(=O)c4ccccc4)CC3C)\C=C/2)nn1. The van der Waals surface area contributed by atoms with Crippen molar-refractivity contribution in [3.05, 3.63) is 120 Å². The highest BCUT2D eigenvalue weighted by molar-refractivity contribution is 7.86. The van der Waals surface area contributed by atoms with Gasteiger partial charge in [0.1, 0.15) is 11.0 Å². The first-order chi connectivity index (χ1) is 19.0. The van der Waals surface area contributed by atoms with Crippen LogP contribution >= 0.6 is 0 Å². The molecule has 4 atom stereocenters. The lowest BCUT2D eigenvalue weighted by atomic mass is 10.0. The summed E-state index contributed by atoms with van der Waals surface area (Å²) in [6.45, 7) is 10.2. The zero-order valence-electron chi connectivity index (χ0n) is 22.7. The molecule has 1 fully saturated rings. The number of benzene rings is 1. The zero-order valence-corrected chi connectivity index (χ0v) is 23.5. The van der Waals surface area contributed by atoms with E-state index in [4.69, 9.17) is 0 Å². The van der Waals surface area contributed by atoms with Gasteiger partial charge >= 0.3 is 0 Å². The van der Waals surface area contributed by atoms with Gasteiger partial charge in [0.05, 0.1) is 10.6 Å². The third-order valence-corrected chi connectivity index (χ3v) is 8.40. The first kappa shape index (κ1) is 28.4. The van der Waals surface area contributed by atoms with Crippen LogP contribution in [0.25, 0.3) is 0 Å². The first-order valence-electron chi connectivity index (χ1n) is 13.4. The van der Waals surface area contributed by atoms with Crippen molar-refractivity contribution in [2.75, 3.05) is 19.6 Å². The predicted octanol–water partition coefficient (Wildman–Crippen LogP) is 5.21. The second kappa shape index (κ2) is 14.0. The summed E-state index contributed by atoms with van der Waals surface area (Å²) >= 11 is 0. The minimum absolute atomic E-state index is 0.0221. The van der Waals surface area contributed by atoms with Crippen LogP contribution in [0.2, 0.25) is 0 Å². The minimum Gasteiger partial charge on any atom is -0.336 e. The summed E-state index contributed by atoms with van der Waals surface area (Å²) < 4.78 is 17.5. The monoisotopic (exact) mass is 543 g/mol. The van der Waals surface area contributed by atoms with E-state index in [2.05, 4.69) is 42.0 Å². The van der Waals surface area contributed by atoms with Gasteiger partial charge in [-0.05, 0) is 37.5 Å². The van der Waals surface area contributed by atoms with Crippen molar-refractivity contribution in [3.63, 3.8) is 0 Å². The summed E-state index contributed by atoms with van der Waals surface area (Å²) in [4.78, 5) is 15.5. The zero-order chi connectivity index (χ0) is 27.6. The molecule has 2 aliphatic rings. The predicted molar refractivity (Wildman–Crippen MR) is 158 cm³/mol. The number of carbonyl (C=O) groups is 1. The molecule has 0 N–H and O–H groups in total. The Bertz CT molecular complexity index is 1310. The fourth-order valence-electron chi connectivity index (χ4n) is 4.65. The number of carbonyl (C=O) groups excluding carboxylic acids is 1. The van der Waals surface area contributed by atoms with Crippen LogP contribution in [0.4, 0.5) is 0 Å². The maximum absolute atomic E-state index is 13.6. The summed E-state index contributed by atoms with van der Waals surface area (Å²) in [5.74, 6) is 0.285. The van der Waals surface area contributed by atoms with E-state index in [9.17, 15) is 9.00 Å². The minimum atomic E-state index is -1.32. The molecule has 0 radical (unpaired) electrons. The Labute approximate surface area is 234 Å². The van der Waals surface area contributed by atoms with Crippen LogP contribution < -0.4 is 0 Å². The Morgan fingerprint density at radius 2 is 2.00 bits per heavy atom. The van der Waals surface area contributed by atoms with Crippen molar-refractivity contribution in [2.24, 2.45) is 5.92 Å². The fourth-order valence-corrected chi connectivity index (χ4v) is 5.99. The summed E-state index contributed by atoms with van der Waals surface area (Å²) in [5, 5.41) is 8.74. The van der Waals surface area contributed by atoms with Crippen LogP contribution in [0.5, 0.6) is 0 Å². The Balaban J connectivity index is 1.37. The highest BCUT2D eigenvalue weighted by Gasteiger charge is 2.31. The van der Waals surface area contributed by atoms with Crippen LogP contribution in [-0.2, 0) is 17.5 Å². The molecule has 0 saturated carbocycles. The third-order valence-electron chi connectivity index (χ3n) is 6.73. The number of rotatable bonds is 9. The molecule has 1 aliphatic carbocycles. The maximum Gasteiger partial charge on any atom is 0.253 e. The number of allylic oxidation sites excluding steroid dienone is 10. The van der Waals surface area contributed by atoms with Crippen molar-refractivity contribution in [2.45, 2.75) is 38.8 Å². The maximum atomic E-state index is 13.6. The van der Waals surface area contributed by atoms with Gasteiger partial charge in [0.25, 0.3) is 5.91 Å². The number of nitrogens with zero attached hydrogens (tertiary/aromatic N) is 5. The normalized spacial score (nSPS) is 24.2. The van der Waals surface area contributed by atoms with Gasteiger partial charge in [-0.3, -0.25) is 9.48 Å². The molecule has 2 heterocycles. The molecule has 7 nitrogen and oxygen atoms in total. The molecule has 0 bridgehead atoms. The highest BCUT2D eigenvalue weighted by Crippen LogP contribution is 2.24.